The van der Waals surface area contributed by atoms with Gasteiger partial charge < -0.3 is 10.2 Å². The van der Waals surface area contributed by atoms with Gasteiger partial charge in [-0.1, -0.05) is 19.8 Å². The molecule has 20 heavy (non-hydrogen) atoms. The molecule has 1 unspecified atom stereocenters. The zero-order valence-electron chi connectivity index (χ0n) is 12.3. The van der Waals surface area contributed by atoms with Gasteiger partial charge in [0, 0.05) is 12.6 Å². The zero-order valence-corrected chi connectivity index (χ0v) is 13.1. The molecule has 0 radical (unpaired) electrons. The number of nitrogens with zero attached hydrogens (tertiary/aromatic N) is 1. The molecule has 0 spiro atoms. The summed E-state index contributed by atoms with van der Waals surface area (Å²) in [6, 6.07) is -0.216. The van der Waals surface area contributed by atoms with Crippen molar-refractivity contribution in [1.29, 1.82) is 0 Å². The summed E-state index contributed by atoms with van der Waals surface area (Å²) in [5.74, 6) is 0.487. The average molecular weight is 302 g/mol. The number of carbonyl (C=O) groups excluding carboxylic acids is 1. The highest BCUT2D eigenvalue weighted by Gasteiger charge is 2.36. The van der Waals surface area contributed by atoms with Crippen LogP contribution in [0, 0.1) is 0 Å². The first-order valence-electron chi connectivity index (χ1n) is 7.78. The van der Waals surface area contributed by atoms with Crippen LogP contribution in [-0.4, -0.2) is 55.9 Å². The zero-order chi connectivity index (χ0) is 14.6. The molecule has 2 fully saturated rings. The van der Waals surface area contributed by atoms with E-state index in [1.807, 2.05) is 4.90 Å². The fourth-order valence-electron chi connectivity index (χ4n) is 3.09. The summed E-state index contributed by atoms with van der Waals surface area (Å²) in [6.07, 6.45) is 5.63. The van der Waals surface area contributed by atoms with Crippen LogP contribution in [0.2, 0.25) is 0 Å². The topological polar surface area (TPSA) is 66.5 Å². The highest BCUT2D eigenvalue weighted by atomic mass is 32.2. The Morgan fingerprint density at radius 1 is 1.30 bits per heavy atom. The minimum Gasteiger partial charge on any atom is -0.337 e. The van der Waals surface area contributed by atoms with Gasteiger partial charge in [0.05, 0.1) is 17.5 Å². The highest BCUT2D eigenvalue weighted by molar-refractivity contribution is 7.91. The number of hydrogen-bond donors (Lipinski definition) is 1. The number of unbranched alkanes of at least 4 members (excludes halogenated alkanes) is 1. The Hall–Kier alpha value is -0.620. The molecule has 116 valence electrons. The average Bonchev–Trinajstić information content (AvgIpc) is 2.80. The van der Waals surface area contributed by atoms with Crippen molar-refractivity contribution in [2.24, 2.45) is 0 Å². The summed E-state index contributed by atoms with van der Waals surface area (Å²) in [5.41, 5.74) is 0. The third kappa shape index (κ3) is 3.95. The first kappa shape index (κ1) is 15.8. The normalized spacial score (nSPS) is 29.2. The van der Waals surface area contributed by atoms with Crippen LogP contribution >= 0.6 is 0 Å². The van der Waals surface area contributed by atoms with Gasteiger partial charge in [-0.15, -0.1) is 0 Å². The molecule has 2 saturated heterocycles. The number of nitrogens with one attached hydrogen (secondary N) is 1. The van der Waals surface area contributed by atoms with Crippen molar-refractivity contribution >= 4 is 15.7 Å². The molecule has 0 aliphatic carbocycles. The lowest BCUT2D eigenvalue weighted by atomic mass is 10.0. The van der Waals surface area contributed by atoms with Crippen molar-refractivity contribution < 1.29 is 13.2 Å². The summed E-state index contributed by atoms with van der Waals surface area (Å²) < 4.78 is 23.3. The van der Waals surface area contributed by atoms with E-state index in [-0.39, 0.29) is 29.5 Å². The van der Waals surface area contributed by atoms with E-state index in [0.717, 1.165) is 38.6 Å². The molecule has 2 heterocycles. The quantitative estimate of drug-likeness (QED) is 0.821. The molecule has 0 bridgehead atoms. The number of piperidine rings is 1. The number of sulfone groups is 1. The molecular weight excluding hydrogens is 276 g/mol. The SMILES string of the molecule is CCCCN(C(=O)[C@@H]1CCCCN1)C1CCS(=O)(=O)C1. The van der Waals surface area contributed by atoms with Gasteiger partial charge in [-0.2, -0.15) is 0 Å². The van der Waals surface area contributed by atoms with E-state index in [1.54, 1.807) is 0 Å². The maximum absolute atomic E-state index is 12.7. The van der Waals surface area contributed by atoms with E-state index in [0.29, 0.717) is 13.0 Å². The van der Waals surface area contributed by atoms with Crippen LogP contribution in [0.5, 0.6) is 0 Å². The van der Waals surface area contributed by atoms with Gasteiger partial charge >= 0.3 is 0 Å². The van der Waals surface area contributed by atoms with Gasteiger partial charge in [0.15, 0.2) is 9.84 Å². The first-order chi connectivity index (χ1) is 9.53. The molecule has 2 aliphatic heterocycles. The number of hydrogen-bond acceptors (Lipinski definition) is 4. The van der Waals surface area contributed by atoms with Crippen molar-refractivity contribution in [2.45, 2.75) is 57.5 Å². The number of amides is 1. The minimum atomic E-state index is -2.94. The third-order valence-corrected chi connectivity index (χ3v) is 6.04. The second-order valence-electron chi connectivity index (χ2n) is 5.94. The lowest BCUT2D eigenvalue weighted by Gasteiger charge is -2.33. The van der Waals surface area contributed by atoms with Gasteiger partial charge in [-0.05, 0) is 32.2 Å². The van der Waals surface area contributed by atoms with Crippen LogP contribution in [0.4, 0.5) is 0 Å². The second kappa shape index (κ2) is 6.89. The molecule has 1 N–H and O–H groups in total. The Morgan fingerprint density at radius 2 is 2.10 bits per heavy atom. The highest BCUT2D eigenvalue weighted by Crippen LogP contribution is 2.21. The Bertz CT molecular complexity index is 430. The molecule has 2 rings (SSSR count). The molecule has 2 aliphatic rings. The first-order valence-corrected chi connectivity index (χ1v) is 9.60. The predicted molar refractivity (Wildman–Crippen MR) is 79.3 cm³/mol. The number of carbonyl (C=O) groups is 1. The van der Waals surface area contributed by atoms with Crippen molar-refractivity contribution in [3.05, 3.63) is 0 Å². The molecule has 6 heteroatoms. The van der Waals surface area contributed by atoms with E-state index in [4.69, 9.17) is 0 Å². The van der Waals surface area contributed by atoms with Gasteiger partial charge in [0.1, 0.15) is 0 Å². The Labute approximate surface area is 122 Å². The fourth-order valence-corrected chi connectivity index (χ4v) is 4.82. The molecule has 0 aromatic heterocycles. The summed E-state index contributed by atoms with van der Waals surface area (Å²) >= 11 is 0. The molecule has 0 saturated carbocycles. The van der Waals surface area contributed by atoms with Gasteiger partial charge in [0.25, 0.3) is 0 Å². The van der Waals surface area contributed by atoms with Crippen molar-refractivity contribution in [1.82, 2.24) is 10.2 Å². The summed E-state index contributed by atoms with van der Waals surface area (Å²) in [5, 5.41) is 3.28. The maximum Gasteiger partial charge on any atom is 0.239 e. The lowest BCUT2D eigenvalue weighted by Crippen LogP contribution is -2.52. The largest absolute Gasteiger partial charge is 0.337 e. The van der Waals surface area contributed by atoms with E-state index in [1.165, 1.54) is 0 Å². The van der Waals surface area contributed by atoms with Crippen molar-refractivity contribution in [3.63, 3.8) is 0 Å². The molecule has 0 aromatic rings. The van der Waals surface area contributed by atoms with E-state index in [9.17, 15) is 13.2 Å². The maximum atomic E-state index is 12.7. The van der Waals surface area contributed by atoms with Crippen LogP contribution in [-0.2, 0) is 14.6 Å². The Balaban J connectivity index is 2.04. The molecule has 5 nitrogen and oxygen atoms in total. The van der Waals surface area contributed by atoms with Crippen LogP contribution in [0.15, 0.2) is 0 Å². The summed E-state index contributed by atoms with van der Waals surface area (Å²) in [4.78, 5) is 14.5. The Morgan fingerprint density at radius 3 is 2.65 bits per heavy atom. The monoisotopic (exact) mass is 302 g/mol. The second-order valence-corrected chi connectivity index (χ2v) is 8.17. The molecule has 1 amide bonds. The van der Waals surface area contributed by atoms with Crippen LogP contribution in [0.25, 0.3) is 0 Å². The molecule has 0 aromatic carbocycles. The minimum absolute atomic E-state index is 0.107. The van der Waals surface area contributed by atoms with Crippen LogP contribution in [0.3, 0.4) is 0 Å². The van der Waals surface area contributed by atoms with Gasteiger partial charge in [0.2, 0.25) is 5.91 Å². The van der Waals surface area contributed by atoms with Crippen molar-refractivity contribution in [2.75, 3.05) is 24.6 Å². The summed E-state index contributed by atoms with van der Waals surface area (Å²) in [7, 11) is -2.94. The van der Waals surface area contributed by atoms with Crippen LogP contribution < -0.4 is 5.32 Å². The Kier molecular flexibility index (Phi) is 5.43. The third-order valence-electron chi connectivity index (χ3n) is 4.29. The van der Waals surface area contributed by atoms with E-state index in [2.05, 4.69) is 12.2 Å². The van der Waals surface area contributed by atoms with Gasteiger partial charge in [-0.3, -0.25) is 4.79 Å². The lowest BCUT2D eigenvalue weighted by molar-refractivity contribution is -0.136. The number of rotatable bonds is 5. The molecular formula is C14H26N2O3S. The molecule has 2 atom stereocenters. The van der Waals surface area contributed by atoms with E-state index >= 15 is 0 Å². The summed E-state index contributed by atoms with van der Waals surface area (Å²) in [6.45, 7) is 3.67. The standard InChI is InChI=1S/C14H26N2O3S/c1-2-3-9-16(12-7-10-20(18,19)11-12)14(17)13-6-4-5-8-15-13/h12-13,15H,2-11H2,1H3/t12?,13-/m0/s1. The van der Waals surface area contributed by atoms with Gasteiger partial charge in [-0.25, -0.2) is 8.42 Å². The predicted octanol–water partition coefficient (Wildman–Crippen LogP) is 0.944. The van der Waals surface area contributed by atoms with Crippen molar-refractivity contribution in [3.8, 4) is 0 Å². The smallest absolute Gasteiger partial charge is 0.239 e. The van der Waals surface area contributed by atoms with E-state index < -0.39 is 9.84 Å². The van der Waals surface area contributed by atoms with Crippen LogP contribution in [0.1, 0.15) is 45.4 Å². The fraction of sp³-hybridized carbons (Fsp3) is 0.929.